The van der Waals surface area contributed by atoms with Crippen LogP contribution in [0.2, 0.25) is 0 Å². The molecule has 0 amide bonds. The Balaban J connectivity index is 1.34. The largest absolute Gasteiger partial charge is 0.453 e. The highest BCUT2D eigenvalue weighted by molar-refractivity contribution is 6.07. The summed E-state index contributed by atoms with van der Waals surface area (Å²) in [6.07, 6.45) is -0.734. The predicted octanol–water partition coefficient (Wildman–Crippen LogP) is 2.39. The van der Waals surface area contributed by atoms with Crippen LogP contribution in [0.15, 0.2) is 60.7 Å². The highest BCUT2D eigenvalue weighted by Gasteiger charge is 2.53. The number of benzene rings is 4. The third-order valence-electron chi connectivity index (χ3n) is 8.17. The summed E-state index contributed by atoms with van der Waals surface area (Å²) in [6.45, 7) is 0. The third-order valence-corrected chi connectivity index (χ3v) is 8.17. The van der Waals surface area contributed by atoms with E-state index in [2.05, 4.69) is 10.6 Å². The molecule has 0 spiro atoms. The molecule has 0 aromatic heterocycles. The lowest BCUT2D eigenvalue weighted by molar-refractivity contribution is -0.131. The van der Waals surface area contributed by atoms with Gasteiger partial charge in [-0.05, 0) is 34.0 Å². The van der Waals surface area contributed by atoms with E-state index in [9.17, 15) is 29.4 Å². The number of rotatable bonds is 6. The molecule has 1 fully saturated rings. The number of aliphatic hydroxyl groups excluding tert-OH is 2. The topological polar surface area (TPSA) is 151 Å². The third kappa shape index (κ3) is 3.11. The van der Waals surface area contributed by atoms with Crippen molar-refractivity contribution < 1.29 is 38.9 Å². The van der Waals surface area contributed by atoms with Crippen LogP contribution in [0.5, 0.6) is 11.5 Å². The van der Waals surface area contributed by atoms with Crippen LogP contribution in [-0.4, -0.2) is 59.0 Å². The van der Waals surface area contributed by atoms with Gasteiger partial charge in [0.05, 0.1) is 23.6 Å². The minimum atomic E-state index is -1.95. The molecule has 4 aromatic carbocycles. The fourth-order valence-electron chi connectivity index (χ4n) is 6.23. The number of nitrogens with one attached hydrogen (secondary N) is 2. The number of hydrogen-bond donors (Lipinski definition) is 4. The van der Waals surface area contributed by atoms with Crippen LogP contribution in [-0.2, 0) is 19.2 Å². The number of hydrogen-bond acceptors (Lipinski definition) is 10. The minimum Gasteiger partial charge on any atom is -0.453 e. The van der Waals surface area contributed by atoms with Crippen LogP contribution < -0.4 is 20.1 Å². The van der Waals surface area contributed by atoms with E-state index in [1.54, 1.807) is 36.4 Å². The SMILES string of the molecule is O=CC1(C=O)Nc2c(C3C(O)C(c4ccc5cccc6c5c4NC(C=O)(C=O)O6)C3O)ccc3cccc(c23)O1. The molecule has 4 N–H and O–H groups in total. The molecule has 7 rings (SSSR count). The Morgan fingerprint density at radius 3 is 1.38 bits per heavy atom. The van der Waals surface area contributed by atoms with Crippen molar-refractivity contribution >= 4 is 58.1 Å². The Hall–Kier alpha value is -4.80. The second kappa shape index (κ2) is 8.35. The van der Waals surface area contributed by atoms with Gasteiger partial charge in [-0.25, -0.2) is 0 Å². The molecule has 0 radical (unpaired) electrons. The Bertz CT molecular complexity index is 1610. The van der Waals surface area contributed by atoms with Gasteiger partial charge in [-0.3, -0.25) is 19.2 Å². The molecule has 2 aliphatic heterocycles. The Morgan fingerprint density at radius 2 is 1.00 bits per heavy atom. The minimum absolute atomic E-state index is 0.321. The van der Waals surface area contributed by atoms with E-state index in [-0.39, 0.29) is 0 Å². The molecule has 3 aliphatic rings. The summed E-state index contributed by atoms with van der Waals surface area (Å²) >= 11 is 0. The summed E-state index contributed by atoms with van der Waals surface area (Å²) in [7, 11) is 0. The first-order valence-electron chi connectivity index (χ1n) is 12.7. The van der Waals surface area contributed by atoms with Crippen molar-refractivity contribution in [2.45, 2.75) is 35.5 Å². The number of aliphatic hydroxyl groups is 2. The maximum Gasteiger partial charge on any atom is 0.293 e. The van der Waals surface area contributed by atoms with E-state index in [4.69, 9.17) is 9.47 Å². The van der Waals surface area contributed by atoms with Gasteiger partial charge in [-0.2, -0.15) is 0 Å². The number of carbonyl (C=O) groups is 4. The van der Waals surface area contributed by atoms with Crippen LogP contribution in [0, 0.1) is 0 Å². The summed E-state index contributed by atoms with van der Waals surface area (Å²) in [6, 6.07) is 17.6. The van der Waals surface area contributed by atoms with Crippen molar-refractivity contribution in [3.8, 4) is 11.5 Å². The van der Waals surface area contributed by atoms with Gasteiger partial charge in [-0.15, -0.1) is 0 Å². The molecule has 1 saturated carbocycles. The Labute approximate surface area is 226 Å². The van der Waals surface area contributed by atoms with E-state index < -0.39 is 35.5 Å². The normalized spacial score (nSPS) is 24.9. The van der Waals surface area contributed by atoms with Crippen molar-refractivity contribution in [3.05, 3.63) is 71.8 Å². The fraction of sp³-hybridized carbons (Fsp3) is 0.200. The first-order chi connectivity index (χ1) is 19.4. The first kappa shape index (κ1) is 24.3. The molecule has 40 heavy (non-hydrogen) atoms. The Morgan fingerprint density at radius 1 is 0.600 bits per heavy atom. The van der Waals surface area contributed by atoms with Gasteiger partial charge in [0, 0.05) is 22.6 Å². The van der Waals surface area contributed by atoms with E-state index in [0.717, 1.165) is 10.8 Å². The molecule has 10 heteroatoms. The van der Waals surface area contributed by atoms with Crippen molar-refractivity contribution in [1.82, 2.24) is 0 Å². The van der Waals surface area contributed by atoms with Gasteiger partial charge in [0.25, 0.3) is 11.4 Å². The quantitative estimate of drug-likeness (QED) is 0.213. The summed E-state index contributed by atoms with van der Waals surface area (Å²) in [5.74, 6) is -0.943. The maximum atomic E-state index is 11.9. The summed E-state index contributed by atoms with van der Waals surface area (Å²) < 4.78 is 11.4. The molecule has 4 aromatic rings. The molecule has 200 valence electrons. The number of carbonyl (C=O) groups excluding carboxylic acids is 4. The van der Waals surface area contributed by atoms with Crippen molar-refractivity contribution in [2.24, 2.45) is 0 Å². The molecule has 0 unspecified atom stereocenters. The lowest BCUT2D eigenvalue weighted by atomic mass is 9.62. The van der Waals surface area contributed by atoms with E-state index in [1.165, 1.54) is 0 Å². The second-order valence-electron chi connectivity index (χ2n) is 10.3. The van der Waals surface area contributed by atoms with E-state index >= 15 is 0 Å². The van der Waals surface area contributed by atoms with Gasteiger partial charge in [0.15, 0.2) is 25.1 Å². The second-order valence-corrected chi connectivity index (χ2v) is 10.3. The first-order valence-corrected chi connectivity index (χ1v) is 12.7. The molecule has 10 nitrogen and oxygen atoms in total. The summed E-state index contributed by atoms with van der Waals surface area (Å²) in [4.78, 5) is 47.6. The highest BCUT2D eigenvalue weighted by atomic mass is 16.5. The molecule has 0 atom stereocenters. The molecular formula is C30H22N2O8. The molecule has 0 saturated heterocycles. The summed E-state index contributed by atoms with van der Waals surface area (Å²) in [5, 5.41) is 31.7. The van der Waals surface area contributed by atoms with Gasteiger partial charge in [0.2, 0.25) is 0 Å². The average Bonchev–Trinajstić information content (AvgIpc) is 2.99. The van der Waals surface area contributed by atoms with Crippen molar-refractivity contribution in [2.75, 3.05) is 10.6 Å². The highest BCUT2D eigenvalue weighted by Crippen LogP contribution is 2.55. The number of aldehydes is 4. The van der Waals surface area contributed by atoms with Crippen LogP contribution in [0.3, 0.4) is 0 Å². The van der Waals surface area contributed by atoms with Crippen LogP contribution in [0.1, 0.15) is 23.0 Å². The van der Waals surface area contributed by atoms with Crippen LogP contribution >= 0.6 is 0 Å². The number of ether oxygens (including phenoxy) is 2. The van der Waals surface area contributed by atoms with Gasteiger partial charge < -0.3 is 30.3 Å². The van der Waals surface area contributed by atoms with Gasteiger partial charge in [0.1, 0.15) is 11.5 Å². The average molecular weight is 539 g/mol. The Kier molecular flexibility index (Phi) is 5.06. The zero-order valence-electron chi connectivity index (χ0n) is 20.7. The lowest BCUT2D eigenvalue weighted by Crippen LogP contribution is -2.54. The zero-order chi connectivity index (χ0) is 27.8. The zero-order valence-corrected chi connectivity index (χ0v) is 20.7. The molecule has 1 aliphatic carbocycles. The monoisotopic (exact) mass is 538 g/mol. The van der Waals surface area contributed by atoms with E-state index in [1.807, 2.05) is 24.3 Å². The van der Waals surface area contributed by atoms with Crippen molar-refractivity contribution in [1.29, 1.82) is 0 Å². The smallest absolute Gasteiger partial charge is 0.293 e. The van der Waals surface area contributed by atoms with Gasteiger partial charge >= 0.3 is 0 Å². The van der Waals surface area contributed by atoms with Crippen molar-refractivity contribution in [3.63, 3.8) is 0 Å². The standard InChI is InChI=1S/C30H22N2O8/c33-11-29(12-34)31-25-17(9-7-15-3-1-5-19(39-29)21(15)25)23-27(37)24(28(23)38)18-10-8-16-4-2-6-20-22(16)26(18)32-30(13-35,14-36)40-20/h1-14,23-24,27-28,31-32,37-38H. The maximum absolute atomic E-state index is 11.9. The summed E-state index contributed by atoms with van der Waals surface area (Å²) in [5.41, 5.74) is -2.06. The van der Waals surface area contributed by atoms with Crippen LogP contribution in [0.25, 0.3) is 21.5 Å². The predicted molar refractivity (Wildman–Crippen MR) is 144 cm³/mol. The molecular weight excluding hydrogens is 516 g/mol. The number of anilines is 2. The fourth-order valence-corrected chi connectivity index (χ4v) is 6.23. The van der Waals surface area contributed by atoms with Crippen LogP contribution in [0.4, 0.5) is 11.4 Å². The molecule has 2 heterocycles. The molecule has 0 bridgehead atoms. The lowest BCUT2D eigenvalue weighted by Gasteiger charge is -2.49. The van der Waals surface area contributed by atoms with Gasteiger partial charge in [-0.1, -0.05) is 48.5 Å². The van der Waals surface area contributed by atoms with E-state index in [0.29, 0.717) is 69.9 Å².